The molecule has 0 fully saturated rings. The van der Waals surface area contributed by atoms with Crippen LogP contribution in [-0.2, 0) is 0 Å². The molecule has 16 heavy (non-hydrogen) atoms. The third kappa shape index (κ3) is 2.79. The van der Waals surface area contributed by atoms with E-state index in [-0.39, 0.29) is 0 Å². The summed E-state index contributed by atoms with van der Waals surface area (Å²) in [5.74, 6) is 1.09. The zero-order valence-electron chi connectivity index (χ0n) is 9.13. The predicted molar refractivity (Wildman–Crippen MR) is 66.3 cm³/mol. The molecule has 2 rings (SSSR count). The highest BCUT2D eigenvalue weighted by Gasteiger charge is 2.00. The largest absolute Gasteiger partial charge is 0.265 e. The van der Waals surface area contributed by atoms with Crippen LogP contribution in [0.25, 0.3) is 11.3 Å². The van der Waals surface area contributed by atoms with E-state index >= 15 is 0 Å². The zero-order chi connectivity index (χ0) is 11.2. The second-order valence-corrected chi connectivity index (χ2v) is 4.46. The maximum Gasteiger partial charge on any atom is 0.119 e. The fourth-order valence-electron chi connectivity index (χ4n) is 1.28. The number of pyridine rings is 1. The summed E-state index contributed by atoms with van der Waals surface area (Å²) in [4.78, 5) is 3.98. The lowest BCUT2D eigenvalue weighted by atomic mass is 10.2. The molecule has 0 bridgehead atoms. The zero-order valence-corrected chi connectivity index (χ0v) is 9.94. The second kappa shape index (κ2) is 5.61. The molecular weight excluding hydrogens is 218 g/mol. The van der Waals surface area contributed by atoms with Gasteiger partial charge in [0.1, 0.15) is 5.03 Å². The molecule has 0 N–H and O–H groups in total. The quantitative estimate of drug-likeness (QED) is 0.758. The standard InChI is InChI=1S/C12H13N3S/c1-2-9-16-12-4-3-11(14-15-12)10-5-7-13-8-6-10/h3-8H,2,9H2,1H3. The van der Waals surface area contributed by atoms with Crippen LogP contribution in [-0.4, -0.2) is 20.9 Å². The van der Waals surface area contributed by atoms with Gasteiger partial charge in [-0.05, 0) is 36.4 Å². The number of thioether (sulfide) groups is 1. The fourth-order valence-corrected chi connectivity index (χ4v) is 1.96. The highest BCUT2D eigenvalue weighted by molar-refractivity contribution is 7.99. The maximum absolute atomic E-state index is 4.20. The first-order valence-corrected chi connectivity index (χ1v) is 6.25. The second-order valence-electron chi connectivity index (χ2n) is 3.34. The number of rotatable bonds is 4. The molecule has 0 unspecified atom stereocenters. The molecule has 0 aliphatic carbocycles. The number of aromatic nitrogens is 3. The van der Waals surface area contributed by atoms with Crippen LogP contribution in [0.2, 0.25) is 0 Å². The van der Waals surface area contributed by atoms with E-state index in [0.29, 0.717) is 0 Å². The summed E-state index contributed by atoms with van der Waals surface area (Å²) in [5, 5.41) is 9.37. The van der Waals surface area contributed by atoms with Crippen molar-refractivity contribution in [2.45, 2.75) is 18.4 Å². The summed E-state index contributed by atoms with van der Waals surface area (Å²) in [5.41, 5.74) is 1.94. The van der Waals surface area contributed by atoms with Gasteiger partial charge in [-0.1, -0.05) is 6.92 Å². The summed E-state index contributed by atoms with van der Waals surface area (Å²) >= 11 is 1.74. The van der Waals surface area contributed by atoms with Crippen molar-refractivity contribution in [1.82, 2.24) is 15.2 Å². The molecular formula is C12H13N3S. The van der Waals surface area contributed by atoms with E-state index in [2.05, 4.69) is 22.1 Å². The van der Waals surface area contributed by atoms with Gasteiger partial charge in [0, 0.05) is 18.0 Å². The van der Waals surface area contributed by atoms with Crippen LogP contribution < -0.4 is 0 Å². The number of hydrogen-bond acceptors (Lipinski definition) is 4. The molecule has 0 amide bonds. The van der Waals surface area contributed by atoms with Crippen molar-refractivity contribution in [3.8, 4) is 11.3 Å². The molecule has 0 saturated heterocycles. The highest BCUT2D eigenvalue weighted by Crippen LogP contribution is 2.19. The first kappa shape index (κ1) is 11.1. The van der Waals surface area contributed by atoms with Gasteiger partial charge in [-0.2, -0.15) is 0 Å². The topological polar surface area (TPSA) is 38.7 Å². The minimum absolute atomic E-state index is 0.892. The lowest BCUT2D eigenvalue weighted by Gasteiger charge is -2.00. The van der Waals surface area contributed by atoms with Crippen LogP contribution in [0.3, 0.4) is 0 Å². The molecule has 3 nitrogen and oxygen atoms in total. The summed E-state index contributed by atoms with van der Waals surface area (Å²) in [6.07, 6.45) is 4.67. The first-order valence-electron chi connectivity index (χ1n) is 5.27. The Labute approximate surface area is 99.3 Å². The Morgan fingerprint density at radius 2 is 1.88 bits per heavy atom. The average Bonchev–Trinajstić information content (AvgIpc) is 2.38. The van der Waals surface area contributed by atoms with Gasteiger partial charge in [0.2, 0.25) is 0 Å². The predicted octanol–water partition coefficient (Wildman–Crippen LogP) is 3.04. The Bertz CT molecular complexity index is 428. The van der Waals surface area contributed by atoms with Gasteiger partial charge < -0.3 is 0 Å². The molecule has 82 valence electrons. The lowest BCUT2D eigenvalue weighted by Crippen LogP contribution is -1.90. The summed E-state index contributed by atoms with van der Waals surface area (Å²) in [6.45, 7) is 2.16. The molecule has 0 aliphatic heterocycles. The van der Waals surface area contributed by atoms with E-state index < -0.39 is 0 Å². The Balaban J connectivity index is 2.13. The van der Waals surface area contributed by atoms with Gasteiger partial charge in [-0.25, -0.2) is 0 Å². The molecule has 2 heterocycles. The SMILES string of the molecule is CCCSc1ccc(-c2ccncc2)nn1. The van der Waals surface area contributed by atoms with E-state index in [0.717, 1.165) is 28.5 Å². The molecule has 0 saturated carbocycles. The Hall–Kier alpha value is -1.42. The molecule has 0 aromatic carbocycles. The van der Waals surface area contributed by atoms with Crippen LogP contribution in [0.5, 0.6) is 0 Å². The van der Waals surface area contributed by atoms with Crippen LogP contribution in [0, 0.1) is 0 Å². The molecule has 0 radical (unpaired) electrons. The minimum atomic E-state index is 0.892. The molecule has 2 aromatic heterocycles. The monoisotopic (exact) mass is 231 g/mol. The first-order chi connectivity index (χ1) is 7.90. The minimum Gasteiger partial charge on any atom is -0.265 e. The molecule has 0 aliphatic rings. The van der Waals surface area contributed by atoms with Crippen molar-refractivity contribution < 1.29 is 0 Å². The fraction of sp³-hybridized carbons (Fsp3) is 0.250. The summed E-state index contributed by atoms with van der Waals surface area (Å²) in [6, 6.07) is 7.88. The number of hydrogen-bond donors (Lipinski definition) is 0. The van der Waals surface area contributed by atoms with Gasteiger partial charge in [0.25, 0.3) is 0 Å². The van der Waals surface area contributed by atoms with E-state index in [1.54, 1.807) is 24.2 Å². The normalized spacial score (nSPS) is 10.3. The van der Waals surface area contributed by atoms with Crippen LogP contribution >= 0.6 is 11.8 Å². The Morgan fingerprint density at radius 1 is 1.06 bits per heavy atom. The maximum atomic E-state index is 4.20. The van der Waals surface area contributed by atoms with E-state index in [9.17, 15) is 0 Å². The number of nitrogens with zero attached hydrogens (tertiary/aromatic N) is 3. The molecule has 0 atom stereocenters. The Kier molecular flexibility index (Phi) is 3.88. The third-order valence-electron chi connectivity index (χ3n) is 2.07. The van der Waals surface area contributed by atoms with Gasteiger partial charge in [-0.15, -0.1) is 22.0 Å². The Morgan fingerprint density at radius 3 is 2.50 bits per heavy atom. The van der Waals surface area contributed by atoms with E-state index in [1.807, 2.05) is 24.3 Å². The molecule has 2 aromatic rings. The van der Waals surface area contributed by atoms with Crippen LogP contribution in [0.15, 0.2) is 41.7 Å². The van der Waals surface area contributed by atoms with Crippen LogP contribution in [0.4, 0.5) is 0 Å². The van der Waals surface area contributed by atoms with E-state index in [1.165, 1.54) is 0 Å². The van der Waals surface area contributed by atoms with Gasteiger partial charge >= 0.3 is 0 Å². The van der Waals surface area contributed by atoms with Crippen molar-refractivity contribution in [2.75, 3.05) is 5.75 Å². The van der Waals surface area contributed by atoms with Crippen LogP contribution in [0.1, 0.15) is 13.3 Å². The smallest absolute Gasteiger partial charge is 0.119 e. The van der Waals surface area contributed by atoms with Crippen molar-refractivity contribution in [2.24, 2.45) is 0 Å². The van der Waals surface area contributed by atoms with Gasteiger partial charge in [-0.3, -0.25) is 4.98 Å². The van der Waals surface area contributed by atoms with E-state index in [4.69, 9.17) is 0 Å². The lowest BCUT2D eigenvalue weighted by molar-refractivity contribution is 0.933. The summed E-state index contributed by atoms with van der Waals surface area (Å²) < 4.78 is 0. The van der Waals surface area contributed by atoms with Crippen molar-refractivity contribution in [3.63, 3.8) is 0 Å². The highest BCUT2D eigenvalue weighted by atomic mass is 32.2. The van der Waals surface area contributed by atoms with Crippen molar-refractivity contribution in [3.05, 3.63) is 36.7 Å². The molecule has 4 heteroatoms. The summed E-state index contributed by atoms with van der Waals surface area (Å²) in [7, 11) is 0. The third-order valence-corrected chi connectivity index (χ3v) is 3.20. The van der Waals surface area contributed by atoms with Gasteiger partial charge in [0.15, 0.2) is 0 Å². The average molecular weight is 231 g/mol. The molecule has 0 spiro atoms. The van der Waals surface area contributed by atoms with Crippen molar-refractivity contribution in [1.29, 1.82) is 0 Å². The van der Waals surface area contributed by atoms with Crippen molar-refractivity contribution >= 4 is 11.8 Å². The van der Waals surface area contributed by atoms with Gasteiger partial charge in [0.05, 0.1) is 5.69 Å².